The molecule has 0 bridgehead atoms. The summed E-state index contributed by atoms with van der Waals surface area (Å²) >= 11 is 1.67. The second-order valence-electron chi connectivity index (χ2n) is 4.59. The first kappa shape index (κ1) is 12.8. The Morgan fingerprint density at radius 3 is 2.45 bits per heavy atom. The highest BCUT2D eigenvalue weighted by atomic mass is 32.1. The summed E-state index contributed by atoms with van der Waals surface area (Å²) in [6, 6.07) is 17.9. The van der Waals surface area contributed by atoms with Crippen LogP contribution in [0.1, 0.15) is 5.56 Å². The van der Waals surface area contributed by atoms with E-state index in [1.54, 1.807) is 17.4 Å². The first-order chi connectivity index (χ1) is 9.81. The van der Waals surface area contributed by atoms with Gasteiger partial charge >= 0.3 is 0 Å². The summed E-state index contributed by atoms with van der Waals surface area (Å²) in [4.78, 5) is 13.7. The predicted octanol–water partition coefficient (Wildman–Crippen LogP) is 4.66. The fourth-order valence-corrected chi connectivity index (χ4v) is 3.52. The van der Waals surface area contributed by atoms with Crippen LogP contribution in [-0.2, 0) is 6.42 Å². The lowest BCUT2D eigenvalue weighted by atomic mass is 10.0. The summed E-state index contributed by atoms with van der Waals surface area (Å²) in [6.07, 6.45) is 2.40. The molecule has 1 aromatic heterocycles. The van der Waals surface area contributed by atoms with Crippen molar-refractivity contribution in [3.8, 4) is 10.4 Å². The number of rotatable bonds is 3. The second-order valence-corrected chi connectivity index (χ2v) is 5.65. The average Bonchev–Trinajstić information content (AvgIpc) is 2.51. The highest BCUT2D eigenvalue weighted by Crippen LogP contribution is 2.31. The van der Waals surface area contributed by atoms with Crippen LogP contribution in [0.15, 0.2) is 72.0 Å². The van der Waals surface area contributed by atoms with Gasteiger partial charge < -0.3 is 0 Å². The van der Waals surface area contributed by atoms with E-state index in [1.165, 1.54) is 0 Å². The van der Waals surface area contributed by atoms with E-state index in [0.29, 0.717) is 6.42 Å². The molecule has 0 atom stereocenters. The molecule has 20 heavy (non-hydrogen) atoms. The molecular weight excluding hydrogens is 264 g/mol. The van der Waals surface area contributed by atoms with Crippen LogP contribution in [0.4, 0.5) is 0 Å². The van der Waals surface area contributed by atoms with Gasteiger partial charge in [-0.25, -0.2) is 0 Å². The molecule has 0 aliphatic rings. The molecule has 0 unspecified atom stereocenters. The van der Waals surface area contributed by atoms with Gasteiger partial charge in [0.1, 0.15) is 0 Å². The van der Waals surface area contributed by atoms with Gasteiger partial charge in [-0.2, -0.15) is 0 Å². The molecule has 0 aliphatic carbocycles. The van der Waals surface area contributed by atoms with E-state index in [9.17, 15) is 4.79 Å². The summed E-state index contributed by atoms with van der Waals surface area (Å²) in [5, 5.41) is 0.800. The highest BCUT2D eigenvalue weighted by Gasteiger charge is 2.12. The third-order valence-corrected chi connectivity index (χ3v) is 4.54. The number of fused-ring (bicyclic) bond motifs is 1. The van der Waals surface area contributed by atoms with E-state index in [-0.39, 0.29) is 5.43 Å². The Bertz CT molecular complexity index is 816. The lowest BCUT2D eigenvalue weighted by Gasteiger charge is -2.08. The first-order valence-corrected chi connectivity index (χ1v) is 7.34. The average molecular weight is 278 g/mol. The minimum Gasteiger partial charge on any atom is -0.289 e. The maximum absolute atomic E-state index is 12.7. The fraction of sp³-hybridized carbons (Fsp3) is 0.0556. The Hall–Kier alpha value is -2.19. The summed E-state index contributed by atoms with van der Waals surface area (Å²) in [5.41, 5.74) is 2.06. The molecule has 0 N–H and O–H groups in total. The molecule has 3 aromatic rings. The normalized spacial score (nSPS) is 10.6. The van der Waals surface area contributed by atoms with Crippen LogP contribution in [0, 0.1) is 0 Å². The Kier molecular flexibility index (Phi) is 3.48. The fourth-order valence-electron chi connectivity index (χ4n) is 2.33. The van der Waals surface area contributed by atoms with Gasteiger partial charge in [0.05, 0.1) is 0 Å². The van der Waals surface area contributed by atoms with E-state index in [1.807, 2.05) is 54.6 Å². The molecule has 0 aliphatic heterocycles. The Labute approximate surface area is 121 Å². The van der Waals surface area contributed by atoms with Crippen molar-refractivity contribution in [3.05, 3.63) is 83.0 Å². The molecule has 0 spiro atoms. The van der Waals surface area contributed by atoms with Gasteiger partial charge in [0.2, 0.25) is 0 Å². The third kappa shape index (κ3) is 2.19. The van der Waals surface area contributed by atoms with E-state index >= 15 is 0 Å². The van der Waals surface area contributed by atoms with Crippen molar-refractivity contribution < 1.29 is 0 Å². The van der Waals surface area contributed by atoms with Crippen molar-refractivity contribution in [1.29, 1.82) is 0 Å². The maximum Gasteiger partial charge on any atom is 0.192 e. The van der Waals surface area contributed by atoms with Crippen molar-refractivity contribution in [2.45, 2.75) is 6.42 Å². The minimum absolute atomic E-state index is 0.123. The van der Waals surface area contributed by atoms with Crippen molar-refractivity contribution >= 4 is 21.4 Å². The molecule has 0 saturated heterocycles. The molecule has 2 heteroatoms. The molecule has 1 nitrogen and oxygen atoms in total. The van der Waals surface area contributed by atoms with Gasteiger partial charge in [0, 0.05) is 20.5 Å². The van der Waals surface area contributed by atoms with E-state index in [4.69, 9.17) is 0 Å². The summed E-state index contributed by atoms with van der Waals surface area (Å²) in [6.45, 7) is 3.78. The van der Waals surface area contributed by atoms with Crippen LogP contribution in [0.2, 0.25) is 0 Å². The largest absolute Gasteiger partial charge is 0.289 e. The lowest BCUT2D eigenvalue weighted by molar-refractivity contribution is 1.27. The van der Waals surface area contributed by atoms with Gasteiger partial charge in [0.15, 0.2) is 5.43 Å². The van der Waals surface area contributed by atoms with Crippen molar-refractivity contribution in [2.75, 3.05) is 0 Å². The van der Waals surface area contributed by atoms with Gasteiger partial charge in [0.25, 0.3) is 0 Å². The van der Waals surface area contributed by atoms with Crippen LogP contribution in [0.5, 0.6) is 0 Å². The zero-order chi connectivity index (χ0) is 13.9. The standard InChI is InChI=1S/C18H14OS/c1-2-8-15-17(19)14-11-6-7-12-16(14)20-18(15)13-9-4-3-5-10-13/h2-7,9-12H,1,8H2. The van der Waals surface area contributed by atoms with Crippen LogP contribution >= 0.6 is 11.3 Å². The molecule has 0 saturated carbocycles. The van der Waals surface area contributed by atoms with Crippen molar-refractivity contribution in [3.63, 3.8) is 0 Å². The Morgan fingerprint density at radius 1 is 1.00 bits per heavy atom. The topological polar surface area (TPSA) is 17.1 Å². The molecule has 0 amide bonds. The molecule has 2 aromatic carbocycles. The van der Waals surface area contributed by atoms with E-state index in [0.717, 1.165) is 26.1 Å². The number of hydrogen-bond donors (Lipinski definition) is 0. The maximum atomic E-state index is 12.7. The highest BCUT2D eigenvalue weighted by molar-refractivity contribution is 7.21. The zero-order valence-corrected chi connectivity index (χ0v) is 11.8. The number of allylic oxidation sites excluding steroid dienone is 1. The molecule has 0 fully saturated rings. The monoisotopic (exact) mass is 278 g/mol. The Morgan fingerprint density at radius 2 is 1.70 bits per heavy atom. The predicted molar refractivity (Wildman–Crippen MR) is 87.4 cm³/mol. The number of hydrogen-bond acceptors (Lipinski definition) is 2. The molecular formula is C18H14OS. The third-order valence-electron chi connectivity index (χ3n) is 3.28. The summed E-state index contributed by atoms with van der Waals surface area (Å²) in [7, 11) is 0. The first-order valence-electron chi connectivity index (χ1n) is 6.52. The quantitative estimate of drug-likeness (QED) is 0.637. The molecule has 0 radical (unpaired) electrons. The van der Waals surface area contributed by atoms with Crippen LogP contribution < -0.4 is 5.43 Å². The smallest absolute Gasteiger partial charge is 0.192 e. The SMILES string of the molecule is C=CCc1c(-c2ccccc2)sc2ccccc2c1=O. The Balaban J connectivity index is 2.38. The molecule has 98 valence electrons. The van der Waals surface area contributed by atoms with Gasteiger partial charge in [-0.3, -0.25) is 4.79 Å². The van der Waals surface area contributed by atoms with Crippen LogP contribution in [0.3, 0.4) is 0 Å². The lowest BCUT2D eigenvalue weighted by Crippen LogP contribution is -2.09. The van der Waals surface area contributed by atoms with Crippen LogP contribution in [-0.4, -0.2) is 0 Å². The van der Waals surface area contributed by atoms with E-state index < -0.39 is 0 Å². The van der Waals surface area contributed by atoms with Crippen molar-refractivity contribution in [2.24, 2.45) is 0 Å². The summed E-state index contributed by atoms with van der Waals surface area (Å²) in [5.74, 6) is 0. The van der Waals surface area contributed by atoms with Gasteiger partial charge in [-0.05, 0) is 24.1 Å². The zero-order valence-electron chi connectivity index (χ0n) is 11.0. The van der Waals surface area contributed by atoms with Gasteiger partial charge in [-0.1, -0.05) is 48.5 Å². The van der Waals surface area contributed by atoms with Crippen LogP contribution in [0.25, 0.3) is 20.5 Å². The van der Waals surface area contributed by atoms with E-state index in [2.05, 4.69) is 6.58 Å². The van der Waals surface area contributed by atoms with Gasteiger partial charge in [-0.15, -0.1) is 17.9 Å². The minimum atomic E-state index is 0.123. The van der Waals surface area contributed by atoms with Crippen molar-refractivity contribution in [1.82, 2.24) is 0 Å². The second kappa shape index (κ2) is 5.43. The summed E-state index contributed by atoms with van der Waals surface area (Å²) < 4.78 is 1.03. The number of benzene rings is 2. The molecule has 3 rings (SSSR count). The molecule has 1 heterocycles.